The average Bonchev–Trinajstić information content (AvgIpc) is 2.90. The lowest BCUT2D eigenvalue weighted by atomic mass is 9.77. The van der Waals surface area contributed by atoms with Crippen LogP contribution in [0, 0.1) is 5.41 Å². The molecule has 3 rings (SSSR count). The van der Waals surface area contributed by atoms with Gasteiger partial charge in [0.1, 0.15) is 12.0 Å². The summed E-state index contributed by atoms with van der Waals surface area (Å²) in [5.41, 5.74) is 1.68. The molecule has 0 bridgehead atoms. The van der Waals surface area contributed by atoms with Crippen molar-refractivity contribution >= 4 is 22.5 Å². The summed E-state index contributed by atoms with van der Waals surface area (Å²) in [4.78, 5) is 28.2. The second-order valence-corrected chi connectivity index (χ2v) is 12.1. The SMILES string of the molecule is COc1ccccc1C(CCN1CCC(C=O)(CCN(C)Cc2ccc(S(C)(=O)=O)cc2)CC1)NC=O. The monoisotopic (exact) mass is 529 g/mol. The predicted molar refractivity (Wildman–Crippen MR) is 144 cm³/mol. The molecule has 1 saturated heterocycles. The molecule has 1 unspecified atom stereocenters. The Kier molecular flexibility index (Phi) is 10.3. The minimum absolute atomic E-state index is 0.133. The van der Waals surface area contributed by atoms with Gasteiger partial charge in [0.05, 0.1) is 18.0 Å². The summed E-state index contributed by atoms with van der Waals surface area (Å²) in [7, 11) is 0.456. The summed E-state index contributed by atoms with van der Waals surface area (Å²) < 4.78 is 28.8. The zero-order valence-electron chi connectivity index (χ0n) is 22.1. The Morgan fingerprint density at radius 1 is 1.11 bits per heavy atom. The number of likely N-dealkylation sites (tertiary alicyclic amines) is 1. The summed E-state index contributed by atoms with van der Waals surface area (Å²) in [5, 5.41) is 2.92. The fraction of sp³-hybridized carbons (Fsp3) is 0.500. The standard InChI is InChI=1S/C28H39N3O5S/c1-30(20-23-8-10-24(11-9-23)37(3,34)35)17-13-28(21-32)14-18-31(19-15-28)16-12-26(29-22-33)25-6-4-5-7-27(25)36-2/h4-11,21-22,26H,12-20H2,1-3H3,(H,29,33). The van der Waals surface area contributed by atoms with E-state index < -0.39 is 9.84 Å². The van der Waals surface area contributed by atoms with Gasteiger partial charge in [0.2, 0.25) is 6.41 Å². The zero-order valence-corrected chi connectivity index (χ0v) is 22.9. The molecule has 1 aliphatic heterocycles. The lowest BCUT2D eigenvalue weighted by molar-refractivity contribution is -0.119. The van der Waals surface area contributed by atoms with Crippen molar-refractivity contribution in [3.05, 3.63) is 59.7 Å². The quantitative estimate of drug-likeness (QED) is 0.376. The highest BCUT2D eigenvalue weighted by Crippen LogP contribution is 2.34. The van der Waals surface area contributed by atoms with Gasteiger partial charge in [-0.25, -0.2) is 8.42 Å². The third-order valence-electron chi connectivity index (χ3n) is 7.41. The Morgan fingerprint density at radius 3 is 2.38 bits per heavy atom. The molecule has 9 heteroatoms. The number of methoxy groups -OCH3 is 1. The second-order valence-electron chi connectivity index (χ2n) is 10.1. The van der Waals surface area contributed by atoms with Crippen LogP contribution >= 0.6 is 0 Å². The topological polar surface area (TPSA) is 96.0 Å². The van der Waals surface area contributed by atoms with Gasteiger partial charge in [-0.05, 0) is 76.1 Å². The third kappa shape index (κ3) is 8.12. The van der Waals surface area contributed by atoms with Crippen LogP contribution in [0.2, 0.25) is 0 Å². The van der Waals surface area contributed by atoms with Crippen LogP contribution in [-0.2, 0) is 26.0 Å². The molecular weight excluding hydrogens is 490 g/mol. The summed E-state index contributed by atoms with van der Waals surface area (Å²) >= 11 is 0. The van der Waals surface area contributed by atoms with Gasteiger partial charge < -0.3 is 24.6 Å². The number of carbonyl (C=O) groups is 2. The molecule has 37 heavy (non-hydrogen) atoms. The molecular formula is C28H39N3O5S. The highest BCUT2D eigenvalue weighted by atomic mass is 32.2. The zero-order chi connectivity index (χ0) is 26.9. The molecule has 1 aliphatic rings. The molecule has 2 aromatic rings. The molecule has 1 heterocycles. The fourth-order valence-electron chi connectivity index (χ4n) is 4.97. The van der Waals surface area contributed by atoms with Gasteiger partial charge in [-0.2, -0.15) is 0 Å². The van der Waals surface area contributed by atoms with Crippen LogP contribution in [0.3, 0.4) is 0 Å². The van der Waals surface area contributed by atoms with Gasteiger partial charge in [0, 0.05) is 30.3 Å². The van der Waals surface area contributed by atoms with E-state index in [1.165, 1.54) is 6.26 Å². The number of carbonyl (C=O) groups excluding carboxylic acids is 2. The van der Waals surface area contributed by atoms with E-state index in [1.807, 2.05) is 43.4 Å². The minimum Gasteiger partial charge on any atom is -0.496 e. The molecule has 0 radical (unpaired) electrons. The van der Waals surface area contributed by atoms with Crippen molar-refractivity contribution in [3.63, 3.8) is 0 Å². The first-order valence-electron chi connectivity index (χ1n) is 12.7. The average molecular weight is 530 g/mol. The van der Waals surface area contributed by atoms with E-state index in [2.05, 4.69) is 15.1 Å². The Bertz CT molecular complexity index is 1130. The van der Waals surface area contributed by atoms with Crippen LogP contribution in [0.1, 0.15) is 42.9 Å². The number of aldehydes is 1. The number of hydrogen-bond donors (Lipinski definition) is 1. The number of hydrogen-bond acceptors (Lipinski definition) is 7. The maximum absolute atomic E-state index is 12.1. The number of nitrogens with zero attached hydrogens (tertiary/aromatic N) is 2. The van der Waals surface area contributed by atoms with Crippen LogP contribution in [0.4, 0.5) is 0 Å². The predicted octanol–water partition coefficient (Wildman–Crippen LogP) is 3.08. The van der Waals surface area contributed by atoms with E-state index in [9.17, 15) is 18.0 Å². The van der Waals surface area contributed by atoms with E-state index in [0.29, 0.717) is 11.4 Å². The lowest BCUT2D eigenvalue weighted by Gasteiger charge is -2.39. The van der Waals surface area contributed by atoms with Crippen LogP contribution in [0.5, 0.6) is 5.75 Å². The summed E-state index contributed by atoms with van der Waals surface area (Å²) in [6.45, 7) is 3.98. The number of rotatable bonds is 14. The van der Waals surface area contributed by atoms with Crippen molar-refractivity contribution in [1.82, 2.24) is 15.1 Å². The van der Waals surface area contributed by atoms with Gasteiger partial charge in [0.25, 0.3) is 0 Å². The highest BCUT2D eigenvalue weighted by Gasteiger charge is 2.34. The van der Waals surface area contributed by atoms with Crippen LogP contribution in [0.15, 0.2) is 53.4 Å². The highest BCUT2D eigenvalue weighted by molar-refractivity contribution is 7.90. The van der Waals surface area contributed by atoms with E-state index in [1.54, 1.807) is 19.2 Å². The molecule has 0 aromatic heterocycles. The fourth-order valence-corrected chi connectivity index (χ4v) is 5.60. The normalized spacial score (nSPS) is 16.8. The summed E-state index contributed by atoms with van der Waals surface area (Å²) in [6, 6.07) is 14.6. The minimum atomic E-state index is -3.20. The van der Waals surface area contributed by atoms with Gasteiger partial charge in [-0.1, -0.05) is 30.3 Å². The maximum atomic E-state index is 12.1. The van der Waals surface area contributed by atoms with Crippen molar-refractivity contribution in [2.75, 3.05) is 46.6 Å². The number of ether oxygens (including phenoxy) is 1. The molecule has 2 aromatic carbocycles. The molecule has 202 valence electrons. The third-order valence-corrected chi connectivity index (χ3v) is 8.54. The van der Waals surface area contributed by atoms with Crippen molar-refractivity contribution in [2.24, 2.45) is 5.41 Å². The van der Waals surface area contributed by atoms with Crippen LogP contribution in [0.25, 0.3) is 0 Å². The first-order chi connectivity index (χ1) is 17.7. The lowest BCUT2D eigenvalue weighted by Crippen LogP contribution is -2.43. The Hall–Kier alpha value is -2.75. The smallest absolute Gasteiger partial charge is 0.207 e. The number of para-hydroxylation sites is 1. The number of piperidine rings is 1. The molecule has 8 nitrogen and oxygen atoms in total. The molecule has 0 saturated carbocycles. The first kappa shape index (κ1) is 28.8. The van der Waals surface area contributed by atoms with Crippen molar-refractivity contribution in [2.45, 2.75) is 43.2 Å². The Morgan fingerprint density at radius 2 is 1.78 bits per heavy atom. The van der Waals surface area contributed by atoms with Gasteiger partial charge >= 0.3 is 0 Å². The molecule has 0 aliphatic carbocycles. The Balaban J connectivity index is 1.49. The maximum Gasteiger partial charge on any atom is 0.207 e. The molecule has 1 N–H and O–H groups in total. The van der Waals surface area contributed by atoms with E-state index in [4.69, 9.17) is 4.74 Å². The van der Waals surface area contributed by atoms with Crippen molar-refractivity contribution < 1.29 is 22.7 Å². The first-order valence-corrected chi connectivity index (χ1v) is 14.6. The van der Waals surface area contributed by atoms with Crippen LogP contribution in [-0.4, -0.2) is 77.5 Å². The Labute approximate surface area is 220 Å². The van der Waals surface area contributed by atoms with Crippen molar-refractivity contribution in [1.29, 1.82) is 0 Å². The molecule has 1 amide bonds. The molecule has 1 atom stereocenters. The van der Waals surface area contributed by atoms with Gasteiger partial charge in [-0.3, -0.25) is 4.79 Å². The van der Waals surface area contributed by atoms with E-state index >= 15 is 0 Å². The van der Waals surface area contributed by atoms with E-state index in [-0.39, 0.29) is 11.5 Å². The number of benzene rings is 2. The second kappa shape index (κ2) is 13.2. The molecule has 0 spiro atoms. The van der Waals surface area contributed by atoms with E-state index in [0.717, 1.165) is 81.4 Å². The van der Waals surface area contributed by atoms with Crippen molar-refractivity contribution in [3.8, 4) is 5.75 Å². The van der Waals surface area contributed by atoms with Crippen LogP contribution < -0.4 is 10.1 Å². The number of nitrogens with one attached hydrogen (secondary N) is 1. The largest absolute Gasteiger partial charge is 0.496 e. The van der Waals surface area contributed by atoms with Gasteiger partial charge in [0.15, 0.2) is 9.84 Å². The molecule has 1 fully saturated rings. The number of sulfone groups is 1. The number of amides is 1. The van der Waals surface area contributed by atoms with Gasteiger partial charge in [-0.15, -0.1) is 0 Å². The summed E-state index contributed by atoms with van der Waals surface area (Å²) in [6.07, 6.45) is 6.26. The summed E-state index contributed by atoms with van der Waals surface area (Å²) in [5.74, 6) is 0.760.